The van der Waals surface area contributed by atoms with Crippen LogP contribution in [0, 0.1) is 11.8 Å². The summed E-state index contributed by atoms with van der Waals surface area (Å²) in [6, 6.07) is 0. The van der Waals surface area contributed by atoms with E-state index in [9.17, 15) is 0 Å². The van der Waals surface area contributed by atoms with Crippen LogP contribution >= 0.6 is 0 Å². The summed E-state index contributed by atoms with van der Waals surface area (Å²) in [5.41, 5.74) is 1.64. The van der Waals surface area contributed by atoms with Gasteiger partial charge in [-0.2, -0.15) is 0 Å². The topological polar surface area (TPSA) is 27.7 Å². The number of hydrogen-bond acceptors (Lipinski definition) is 3. The lowest BCUT2D eigenvalue weighted by atomic mass is 10.1. The predicted molar refractivity (Wildman–Crippen MR) is 95.0 cm³/mol. The van der Waals surface area contributed by atoms with Crippen molar-refractivity contribution in [3.05, 3.63) is 0 Å². The average molecular weight is 347 g/mol. The van der Waals surface area contributed by atoms with Crippen LogP contribution in [0.25, 0.3) is 0 Å². The molecule has 1 aliphatic carbocycles. The summed E-state index contributed by atoms with van der Waals surface area (Å²) in [4.78, 5) is 0. The van der Waals surface area contributed by atoms with E-state index in [0.717, 1.165) is 11.8 Å². The van der Waals surface area contributed by atoms with Crippen LogP contribution in [0.1, 0.15) is 48.0 Å². The molecule has 1 saturated carbocycles. The van der Waals surface area contributed by atoms with E-state index in [1.165, 1.54) is 6.42 Å². The van der Waals surface area contributed by atoms with E-state index in [-0.39, 0.29) is 0 Å². The summed E-state index contributed by atoms with van der Waals surface area (Å²) in [7, 11) is -6.40. The van der Waals surface area contributed by atoms with Crippen molar-refractivity contribution in [3.63, 3.8) is 0 Å². The SMILES string of the molecule is CC(C)C1CC1[Si]1(C)O[Si](C)(C(C)C)O[Si](C)(C(C)C)O1. The molecule has 6 heteroatoms. The van der Waals surface area contributed by atoms with Crippen molar-refractivity contribution in [1.29, 1.82) is 0 Å². The molecule has 0 bridgehead atoms. The third kappa shape index (κ3) is 3.26. The van der Waals surface area contributed by atoms with Crippen LogP contribution in [0.4, 0.5) is 0 Å². The zero-order chi connectivity index (χ0) is 16.2. The molecule has 0 radical (unpaired) electrons. The molecular formula is C15H34O3Si3. The van der Waals surface area contributed by atoms with Crippen LogP contribution in [-0.2, 0) is 12.3 Å². The second-order valence-corrected chi connectivity index (χ2v) is 20.0. The summed E-state index contributed by atoms with van der Waals surface area (Å²) < 4.78 is 20.1. The van der Waals surface area contributed by atoms with Gasteiger partial charge in [0.1, 0.15) is 0 Å². The monoisotopic (exact) mass is 346 g/mol. The largest absolute Gasteiger partial charge is 0.415 e. The fourth-order valence-corrected chi connectivity index (χ4v) is 21.6. The van der Waals surface area contributed by atoms with Gasteiger partial charge in [0, 0.05) is 5.54 Å². The molecule has 2 aliphatic rings. The zero-order valence-corrected chi connectivity index (χ0v) is 18.3. The first-order valence-corrected chi connectivity index (χ1v) is 15.7. The Morgan fingerprint density at radius 2 is 1.19 bits per heavy atom. The van der Waals surface area contributed by atoms with E-state index in [0.29, 0.717) is 16.6 Å². The minimum atomic E-state index is -2.14. The van der Waals surface area contributed by atoms with Crippen LogP contribution < -0.4 is 0 Å². The molecule has 4 unspecified atom stereocenters. The molecule has 124 valence electrons. The standard InChI is InChI=1S/C15H34O3Si3/c1-11(2)14-10-15(14)21(9)17-19(7,12(3)4)16-20(8,18-21)13(5)6/h11-15H,10H2,1-9H3. The van der Waals surface area contributed by atoms with Gasteiger partial charge in [0.05, 0.1) is 0 Å². The molecule has 1 heterocycles. The second-order valence-electron chi connectivity index (χ2n) is 8.41. The molecule has 21 heavy (non-hydrogen) atoms. The van der Waals surface area contributed by atoms with Gasteiger partial charge in [0.2, 0.25) is 0 Å². The molecule has 0 N–H and O–H groups in total. The van der Waals surface area contributed by atoms with Crippen molar-refractivity contribution in [2.75, 3.05) is 0 Å². The highest BCUT2D eigenvalue weighted by atomic mass is 28.5. The molecule has 2 fully saturated rings. The minimum absolute atomic E-state index is 0.482. The zero-order valence-electron chi connectivity index (χ0n) is 15.3. The smallest absolute Gasteiger partial charge is 0.320 e. The average Bonchev–Trinajstić information content (AvgIpc) is 3.06. The molecule has 0 aromatic heterocycles. The fraction of sp³-hybridized carbons (Fsp3) is 1.00. The Kier molecular flexibility index (Phi) is 4.73. The van der Waals surface area contributed by atoms with Crippen molar-refractivity contribution in [2.45, 2.75) is 84.2 Å². The highest BCUT2D eigenvalue weighted by Gasteiger charge is 2.66. The van der Waals surface area contributed by atoms with Crippen LogP contribution in [0.3, 0.4) is 0 Å². The Morgan fingerprint density at radius 3 is 1.48 bits per heavy atom. The lowest BCUT2D eigenvalue weighted by molar-refractivity contribution is 0.207. The molecule has 0 aromatic rings. The van der Waals surface area contributed by atoms with Crippen LogP contribution in [-0.4, -0.2) is 25.7 Å². The van der Waals surface area contributed by atoms with E-state index >= 15 is 0 Å². The quantitative estimate of drug-likeness (QED) is 0.660. The second kappa shape index (κ2) is 5.56. The molecule has 0 amide bonds. The predicted octanol–water partition coefficient (Wildman–Crippen LogP) is 5.13. The van der Waals surface area contributed by atoms with Gasteiger partial charge >= 0.3 is 25.7 Å². The number of hydrogen-bond donors (Lipinski definition) is 0. The van der Waals surface area contributed by atoms with Crippen molar-refractivity contribution < 1.29 is 12.3 Å². The maximum atomic E-state index is 6.74. The number of rotatable bonds is 4. The summed E-state index contributed by atoms with van der Waals surface area (Å²) in [5, 5.41) is 0. The lowest BCUT2D eigenvalue weighted by Gasteiger charge is -2.53. The normalized spacial score (nSPS) is 47.4. The Morgan fingerprint density at radius 1 is 0.762 bits per heavy atom. The van der Waals surface area contributed by atoms with Gasteiger partial charge in [0.25, 0.3) is 0 Å². The third-order valence-corrected chi connectivity index (χ3v) is 21.6. The van der Waals surface area contributed by atoms with Crippen molar-refractivity contribution in [2.24, 2.45) is 11.8 Å². The van der Waals surface area contributed by atoms with E-state index < -0.39 is 25.7 Å². The summed E-state index contributed by atoms with van der Waals surface area (Å²) >= 11 is 0. The first-order chi connectivity index (χ1) is 9.43. The molecule has 0 aromatic carbocycles. The highest BCUT2D eigenvalue weighted by Crippen LogP contribution is 2.59. The highest BCUT2D eigenvalue weighted by molar-refractivity contribution is 6.95. The maximum absolute atomic E-state index is 6.74. The van der Waals surface area contributed by atoms with Crippen LogP contribution in [0.5, 0.6) is 0 Å². The van der Waals surface area contributed by atoms with Gasteiger partial charge in [-0.1, -0.05) is 41.5 Å². The van der Waals surface area contributed by atoms with E-state index in [2.05, 4.69) is 61.2 Å². The van der Waals surface area contributed by atoms with Gasteiger partial charge in [-0.15, -0.1) is 0 Å². The van der Waals surface area contributed by atoms with Crippen molar-refractivity contribution in [3.8, 4) is 0 Å². The molecule has 0 spiro atoms. The summed E-state index contributed by atoms with van der Waals surface area (Å²) in [5.74, 6) is 1.55. The van der Waals surface area contributed by atoms with Gasteiger partial charge in [-0.05, 0) is 49.0 Å². The minimum Gasteiger partial charge on any atom is -0.415 e. The first kappa shape index (κ1) is 17.9. The van der Waals surface area contributed by atoms with Gasteiger partial charge < -0.3 is 12.3 Å². The van der Waals surface area contributed by atoms with E-state index in [1.54, 1.807) is 0 Å². The van der Waals surface area contributed by atoms with E-state index in [4.69, 9.17) is 12.3 Å². The fourth-order valence-electron chi connectivity index (χ4n) is 3.45. The third-order valence-electron chi connectivity index (χ3n) is 5.68. The first-order valence-electron chi connectivity index (χ1n) is 8.54. The summed E-state index contributed by atoms with van der Waals surface area (Å²) in [6.45, 7) is 20.6. The maximum Gasteiger partial charge on any atom is 0.320 e. The Labute approximate surface area is 134 Å². The van der Waals surface area contributed by atoms with Crippen molar-refractivity contribution in [1.82, 2.24) is 0 Å². The van der Waals surface area contributed by atoms with Gasteiger partial charge in [0.15, 0.2) is 0 Å². The Bertz CT molecular complexity index is 380. The van der Waals surface area contributed by atoms with Gasteiger partial charge in [-0.25, -0.2) is 0 Å². The van der Waals surface area contributed by atoms with Crippen LogP contribution in [0.15, 0.2) is 0 Å². The summed E-state index contributed by atoms with van der Waals surface area (Å²) in [6.07, 6.45) is 1.30. The molecule has 4 atom stereocenters. The van der Waals surface area contributed by atoms with Gasteiger partial charge in [-0.3, -0.25) is 0 Å². The Balaban J connectivity index is 2.30. The van der Waals surface area contributed by atoms with Crippen molar-refractivity contribution >= 4 is 25.7 Å². The molecule has 1 aliphatic heterocycles. The molecule has 1 saturated heterocycles. The Hall–Kier alpha value is 0.531. The van der Waals surface area contributed by atoms with E-state index in [1.807, 2.05) is 0 Å². The molecular weight excluding hydrogens is 312 g/mol. The lowest BCUT2D eigenvalue weighted by Crippen LogP contribution is -2.69. The van der Waals surface area contributed by atoms with Crippen LogP contribution in [0.2, 0.25) is 36.3 Å². The molecule has 2 rings (SSSR count). The molecule has 3 nitrogen and oxygen atoms in total.